The highest BCUT2D eigenvalue weighted by molar-refractivity contribution is 7.97. The standard InChI is InChI=1S/C7H10N2S/c1-6(10-8)7-3-2-4-9-5-7/h2-6H,8H2,1H3. The minimum Gasteiger partial charge on any atom is -0.277 e. The van der Waals surface area contributed by atoms with Crippen molar-refractivity contribution in [3.05, 3.63) is 30.1 Å². The van der Waals surface area contributed by atoms with Gasteiger partial charge in [0.2, 0.25) is 0 Å². The van der Waals surface area contributed by atoms with Crippen LogP contribution in [0.5, 0.6) is 0 Å². The van der Waals surface area contributed by atoms with Crippen molar-refractivity contribution in [1.82, 2.24) is 4.98 Å². The van der Waals surface area contributed by atoms with E-state index in [9.17, 15) is 0 Å². The third kappa shape index (κ3) is 1.72. The summed E-state index contributed by atoms with van der Waals surface area (Å²) in [6, 6.07) is 3.94. The first-order chi connectivity index (χ1) is 4.84. The predicted molar refractivity (Wildman–Crippen MR) is 44.4 cm³/mol. The molecule has 3 heteroatoms. The van der Waals surface area contributed by atoms with Crippen LogP contribution in [0.25, 0.3) is 0 Å². The molecule has 1 unspecified atom stereocenters. The Labute approximate surface area is 65.0 Å². The van der Waals surface area contributed by atoms with E-state index in [4.69, 9.17) is 5.14 Å². The molecule has 0 fully saturated rings. The SMILES string of the molecule is CC(SN)c1cccnc1. The minimum atomic E-state index is 0.341. The van der Waals surface area contributed by atoms with Crippen molar-refractivity contribution < 1.29 is 0 Å². The Morgan fingerprint density at radius 2 is 2.50 bits per heavy atom. The summed E-state index contributed by atoms with van der Waals surface area (Å²) in [7, 11) is 0. The third-order valence-electron chi connectivity index (χ3n) is 1.36. The molecule has 1 heterocycles. The average molecular weight is 154 g/mol. The number of nitrogens with zero attached hydrogens (tertiary/aromatic N) is 1. The molecular weight excluding hydrogens is 144 g/mol. The molecule has 1 rings (SSSR count). The van der Waals surface area contributed by atoms with Crippen LogP contribution in [0.1, 0.15) is 17.7 Å². The van der Waals surface area contributed by atoms with E-state index in [1.165, 1.54) is 17.5 Å². The number of nitrogens with two attached hydrogens (primary N) is 1. The van der Waals surface area contributed by atoms with E-state index in [0.717, 1.165) is 0 Å². The second-order valence-electron chi connectivity index (χ2n) is 2.06. The summed E-state index contributed by atoms with van der Waals surface area (Å²) in [6.07, 6.45) is 3.60. The van der Waals surface area contributed by atoms with Gasteiger partial charge < -0.3 is 0 Å². The van der Waals surface area contributed by atoms with Gasteiger partial charge in [-0.1, -0.05) is 18.0 Å². The van der Waals surface area contributed by atoms with Crippen LogP contribution in [0.3, 0.4) is 0 Å². The van der Waals surface area contributed by atoms with E-state index in [0.29, 0.717) is 5.25 Å². The molecule has 2 N–H and O–H groups in total. The van der Waals surface area contributed by atoms with Crippen molar-refractivity contribution >= 4 is 11.9 Å². The maximum absolute atomic E-state index is 5.39. The van der Waals surface area contributed by atoms with Crippen molar-refractivity contribution in [1.29, 1.82) is 0 Å². The van der Waals surface area contributed by atoms with E-state index in [1.807, 2.05) is 18.3 Å². The topological polar surface area (TPSA) is 38.9 Å². The molecule has 1 aromatic heterocycles. The minimum absolute atomic E-state index is 0.341. The van der Waals surface area contributed by atoms with E-state index in [2.05, 4.69) is 11.9 Å². The molecule has 1 aromatic rings. The van der Waals surface area contributed by atoms with Crippen LogP contribution in [-0.2, 0) is 0 Å². The lowest BCUT2D eigenvalue weighted by Gasteiger charge is -2.05. The smallest absolute Gasteiger partial charge is 0.0427 e. The lowest BCUT2D eigenvalue weighted by atomic mass is 10.2. The van der Waals surface area contributed by atoms with E-state index >= 15 is 0 Å². The monoisotopic (exact) mass is 154 g/mol. The Morgan fingerprint density at radius 3 is 3.00 bits per heavy atom. The van der Waals surface area contributed by atoms with Crippen LogP contribution in [-0.4, -0.2) is 4.98 Å². The van der Waals surface area contributed by atoms with Gasteiger partial charge in [0, 0.05) is 17.6 Å². The van der Waals surface area contributed by atoms with Crippen LogP contribution in [0.4, 0.5) is 0 Å². The van der Waals surface area contributed by atoms with Gasteiger partial charge in [-0.05, 0) is 18.6 Å². The number of rotatable bonds is 2. The van der Waals surface area contributed by atoms with Gasteiger partial charge in [0.25, 0.3) is 0 Å². The lowest BCUT2D eigenvalue weighted by Crippen LogP contribution is -1.92. The quantitative estimate of drug-likeness (QED) is 0.659. The van der Waals surface area contributed by atoms with Gasteiger partial charge in [0.15, 0.2) is 0 Å². The zero-order chi connectivity index (χ0) is 7.40. The van der Waals surface area contributed by atoms with Crippen LogP contribution in [0.2, 0.25) is 0 Å². The molecule has 0 aromatic carbocycles. The van der Waals surface area contributed by atoms with Gasteiger partial charge in [0.05, 0.1) is 0 Å². The van der Waals surface area contributed by atoms with Gasteiger partial charge in [-0.2, -0.15) is 0 Å². The fourth-order valence-corrected chi connectivity index (χ4v) is 0.992. The summed E-state index contributed by atoms with van der Waals surface area (Å²) < 4.78 is 0. The molecular formula is C7H10N2S. The van der Waals surface area contributed by atoms with Crippen molar-refractivity contribution in [3.63, 3.8) is 0 Å². The van der Waals surface area contributed by atoms with Gasteiger partial charge in [-0.25, -0.2) is 0 Å². The molecule has 10 heavy (non-hydrogen) atoms. The molecule has 0 spiro atoms. The van der Waals surface area contributed by atoms with Gasteiger partial charge in [0.1, 0.15) is 0 Å². The first kappa shape index (κ1) is 7.57. The normalized spacial score (nSPS) is 13.0. The van der Waals surface area contributed by atoms with Crippen molar-refractivity contribution in [2.24, 2.45) is 5.14 Å². The highest BCUT2D eigenvalue weighted by atomic mass is 32.2. The number of aromatic nitrogens is 1. The van der Waals surface area contributed by atoms with E-state index < -0.39 is 0 Å². The fourth-order valence-electron chi connectivity index (χ4n) is 0.695. The summed E-state index contributed by atoms with van der Waals surface area (Å²) in [5.74, 6) is 0. The molecule has 0 aliphatic carbocycles. The van der Waals surface area contributed by atoms with Crippen molar-refractivity contribution in [2.45, 2.75) is 12.2 Å². The summed E-state index contributed by atoms with van der Waals surface area (Å²) >= 11 is 1.34. The maximum Gasteiger partial charge on any atom is 0.0427 e. The first-order valence-corrected chi connectivity index (χ1v) is 4.04. The molecule has 54 valence electrons. The van der Waals surface area contributed by atoms with Crippen LogP contribution in [0.15, 0.2) is 24.5 Å². The van der Waals surface area contributed by atoms with E-state index in [1.54, 1.807) is 6.20 Å². The highest BCUT2D eigenvalue weighted by Gasteiger charge is 2.01. The molecule has 0 bridgehead atoms. The zero-order valence-corrected chi connectivity index (χ0v) is 6.64. The van der Waals surface area contributed by atoms with Crippen molar-refractivity contribution in [2.75, 3.05) is 0 Å². The largest absolute Gasteiger partial charge is 0.277 e. The van der Waals surface area contributed by atoms with Crippen LogP contribution >= 0.6 is 11.9 Å². The Balaban J connectivity index is 2.75. The summed E-state index contributed by atoms with van der Waals surface area (Å²) in [6.45, 7) is 2.06. The number of pyridine rings is 1. The fraction of sp³-hybridized carbons (Fsp3) is 0.286. The van der Waals surface area contributed by atoms with Crippen LogP contribution < -0.4 is 5.14 Å². The average Bonchev–Trinajstić information content (AvgIpc) is 2.05. The summed E-state index contributed by atoms with van der Waals surface area (Å²) in [5, 5.41) is 5.73. The Bertz CT molecular complexity index is 188. The Morgan fingerprint density at radius 1 is 1.70 bits per heavy atom. The second kappa shape index (κ2) is 3.58. The molecule has 1 atom stereocenters. The molecule has 0 aliphatic heterocycles. The van der Waals surface area contributed by atoms with Crippen LogP contribution in [0, 0.1) is 0 Å². The molecule has 0 aliphatic rings. The Hall–Kier alpha value is -0.540. The summed E-state index contributed by atoms with van der Waals surface area (Å²) in [5.41, 5.74) is 1.18. The molecule has 2 nitrogen and oxygen atoms in total. The summed E-state index contributed by atoms with van der Waals surface area (Å²) in [4.78, 5) is 3.98. The second-order valence-corrected chi connectivity index (χ2v) is 3.04. The first-order valence-electron chi connectivity index (χ1n) is 3.10. The Kier molecular flexibility index (Phi) is 2.71. The molecule has 0 saturated carbocycles. The predicted octanol–water partition coefficient (Wildman–Crippen LogP) is 1.75. The van der Waals surface area contributed by atoms with E-state index in [-0.39, 0.29) is 0 Å². The van der Waals surface area contributed by atoms with Gasteiger partial charge >= 0.3 is 0 Å². The lowest BCUT2D eigenvalue weighted by molar-refractivity contribution is 1.07. The molecule has 0 saturated heterocycles. The van der Waals surface area contributed by atoms with Gasteiger partial charge in [-0.3, -0.25) is 10.1 Å². The highest BCUT2D eigenvalue weighted by Crippen LogP contribution is 2.21. The third-order valence-corrected chi connectivity index (χ3v) is 2.04. The van der Waals surface area contributed by atoms with Gasteiger partial charge in [-0.15, -0.1) is 0 Å². The maximum atomic E-state index is 5.39. The molecule has 0 amide bonds. The zero-order valence-electron chi connectivity index (χ0n) is 5.82. The van der Waals surface area contributed by atoms with Crippen molar-refractivity contribution in [3.8, 4) is 0 Å². The molecule has 0 radical (unpaired) electrons. The number of hydrogen-bond acceptors (Lipinski definition) is 3. The number of hydrogen-bond donors (Lipinski definition) is 1.